The van der Waals surface area contributed by atoms with E-state index in [-0.39, 0.29) is 11.8 Å². The third-order valence-corrected chi connectivity index (χ3v) is 6.72. The molecule has 3 heterocycles. The number of amides is 1. The monoisotopic (exact) mass is 497 g/mol. The SMILES string of the molecule is CN1CCCCC(=O)N(C)CCCN(C)c2ncnc3[nH]c(O)c(c23)C=Nc2ccc(Cl)c(c2)C1. The number of carbonyl (C=O) groups excluding carboxylic acids is 1. The van der Waals surface area contributed by atoms with Crippen molar-refractivity contribution in [1.82, 2.24) is 24.8 Å². The molecule has 9 nitrogen and oxygen atoms in total. The molecule has 1 amide bonds. The van der Waals surface area contributed by atoms with Crippen LogP contribution in [0.3, 0.4) is 0 Å². The highest BCUT2D eigenvalue weighted by molar-refractivity contribution is 6.31. The van der Waals surface area contributed by atoms with Gasteiger partial charge in [-0.3, -0.25) is 9.79 Å². The third-order valence-electron chi connectivity index (χ3n) is 6.36. The van der Waals surface area contributed by atoms with Crippen molar-refractivity contribution in [3.8, 4) is 5.88 Å². The van der Waals surface area contributed by atoms with E-state index in [9.17, 15) is 9.90 Å². The van der Waals surface area contributed by atoms with Crippen molar-refractivity contribution in [3.63, 3.8) is 0 Å². The molecule has 1 aliphatic rings. The van der Waals surface area contributed by atoms with Gasteiger partial charge in [0.15, 0.2) is 5.88 Å². The molecule has 0 spiro atoms. The van der Waals surface area contributed by atoms with Crippen LogP contribution < -0.4 is 4.90 Å². The molecule has 35 heavy (non-hydrogen) atoms. The Balaban J connectivity index is 1.71. The zero-order valence-electron chi connectivity index (χ0n) is 20.5. The summed E-state index contributed by atoms with van der Waals surface area (Å²) < 4.78 is 0. The summed E-state index contributed by atoms with van der Waals surface area (Å²) in [5.74, 6) is 0.842. The highest BCUT2D eigenvalue weighted by atomic mass is 35.5. The highest BCUT2D eigenvalue weighted by Gasteiger charge is 2.18. The molecule has 186 valence electrons. The van der Waals surface area contributed by atoms with Gasteiger partial charge in [-0.25, -0.2) is 9.97 Å². The molecule has 0 radical (unpaired) electrons. The number of halogens is 1. The molecule has 10 heteroatoms. The maximum atomic E-state index is 12.6. The molecule has 4 rings (SSSR count). The summed E-state index contributed by atoms with van der Waals surface area (Å²) in [5.41, 5.74) is 2.77. The fraction of sp³-hybridized carbons (Fsp3) is 0.440. The van der Waals surface area contributed by atoms with Gasteiger partial charge in [0.05, 0.1) is 16.6 Å². The van der Waals surface area contributed by atoms with Crippen LogP contribution >= 0.6 is 11.6 Å². The molecule has 0 atom stereocenters. The smallest absolute Gasteiger partial charge is 0.222 e. The number of nitrogens with one attached hydrogen (secondary N) is 1. The summed E-state index contributed by atoms with van der Waals surface area (Å²) in [6, 6.07) is 5.66. The lowest BCUT2D eigenvalue weighted by atomic mass is 10.1. The molecule has 0 saturated heterocycles. The van der Waals surface area contributed by atoms with E-state index in [0.717, 1.165) is 37.1 Å². The van der Waals surface area contributed by atoms with Gasteiger partial charge in [0.2, 0.25) is 5.91 Å². The fourth-order valence-electron chi connectivity index (χ4n) is 4.33. The molecule has 0 saturated carbocycles. The number of aromatic amines is 1. The zero-order chi connectivity index (χ0) is 24.9. The number of rotatable bonds is 0. The number of aromatic nitrogens is 3. The Morgan fingerprint density at radius 2 is 1.83 bits per heavy atom. The van der Waals surface area contributed by atoms with E-state index in [1.54, 1.807) is 11.1 Å². The van der Waals surface area contributed by atoms with Crippen molar-refractivity contribution >= 4 is 46.3 Å². The van der Waals surface area contributed by atoms with Gasteiger partial charge in [-0.1, -0.05) is 11.6 Å². The van der Waals surface area contributed by atoms with Gasteiger partial charge < -0.3 is 24.8 Å². The van der Waals surface area contributed by atoms with E-state index in [1.165, 1.54) is 6.33 Å². The maximum absolute atomic E-state index is 12.6. The fourth-order valence-corrected chi connectivity index (χ4v) is 4.51. The van der Waals surface area contributed by atoms with Crippen molar-refractivity contribution in [2.45, 2.75) is 32.2 Å². The van der Waals surface area contributed by atoms with Crippen LogP contribution in [0.15, 0.2) is 29.5 Å². The summed E-state index contributed by atoms with van der Waals surface area (Å²) in [4.78, 5) is 34.9. The van der Waals surface area contributed by atoms with E-state index in [1.807, 2.05) is 44.2 Å². The molecule has 0 fully saturated rings. The van der Waals surface area contributed by atoms with Crippen LogP contribution in [0.2, 0.25) is 5.02 Å². The molecule has 2 bridgehead atoms. The van der Waals surface area contributed by atoms with Crippen LogP contribution in [0.1, 0.15) is 36.8 Å². The van der Waals surface area contributed by atoms with E-state index in [0.29, 0.717) is 53.5 Å². The van der Waals surface area contributed by atoms with Gasteiger partial charge in [-0.2, -0.15) is 0 Å². The standard InChI is InChI=1S/C25H32ClN7O2/c1-31-10-5-4-7-21(34)32(2)11-6-12-33(3)24-22-19(25(35)30-23(22)28-16-29-24)14-27-18-8-9-20(26)17(13-18)15-31/h8-9,13-14,16,35H,4-7,10-12,15H2,1-3H3,(H,28,29,30). The molecule has 1 aromatic carbocycles. The first-order valence-corrected chi connectivity index (χ1v) is 12.2. The second kappa shape index (κ2) is 11.0. The summed E-state index contributed by atoms with van der Waals surface area (Å²) in [5, 5.41) is 12.0. The lowest BCUT2D eigenvalue weighted by Gasteiger charge is -2.22. The van der Waals surface area contributed by atoms with Gasteiger partial charge in [-0.15, -0.1) is 0 Å². The minimum atomic E-state index is -0.0136. The van der Waals surface area contributed by atoms with Crippen LogP contribution in [0.4, 0.5) is 11.5 Å². The first kappa shape index (κ1) is 24.9. The Hall–Kier alpha value is -3.17. The number of hydrogen-bond acceptors (Lipinski definition) is 7. The molecule has 3 aromatic rings. The van der Waals surface area contributed by atoms with Crippen LogP contribution in [0, 0.1) is 0 Å². The van der Waals surface area contributed by atoms with Gasteiger partial charge in [0, 0.05) is 51.4 Å². The highest BCUT2D eigenvalue weighted by Crippen LogP contribution is 2.32. The Labute approximate surface area is 210 Å². The summed E-state index contributed by atoms with van der Waals surface area (Å²) >= 11 is 6.46. The van der Waals surface area contributed by atoms with Crippen molar-refractivity contribution in [3.05, 3.63) is 40.7 Å². The number of fused-ring (bicyclic) bond motifs is 2. The first-order valence-electron chi connectivity index (χ1n) is 11.8. The van der Waals surface area contributed by atoms with Gasteiger partial charge >= 0.3 is 0 Å². The quantitative estimate of drug-likeness (QED) is 0.487. The Morgan fingerprint density at radius 1 is 1.03 bits per heavy atom. The van der Waals surface area contributed by atoms with Crippen molar-refractivity contribution in [2.75, 3.05) is 45.7 Å². The van der Waals surface area contributed by atoms with E-state index in [4.69, 9.17) is 11.6 Å². The Morgan fingerprint density at radius 3 is 2.66 bits per heavy atom. The molecular formula is C25H32ClN7O2. The average molecular weight is 498 g/mol. The molecule has 2 aromatic heterocycles. The van der Waals surface area contributed by atoms with Crippen molar-refractivity contribution < 1.29 is 9.90 Å². The third kappa shape index (κ3) is 5.91. The second-order valence-electron chi connectivity index (χ2n) is 9.13. The number of nitrogens with zero attached hydrogens (tertiary/aromatic N) is 6. The van der Waals surface area contributed by atoms with Crippen LogP contribution in [0.5, 0.6) is 5.88 Å². The zero-order valence-corrected chi connectivity index (χ0v) is 21.2. The number of carbonyl (C=O) groups is 1. The van der Waals surface area contributed by atoms with Crippen LogP contribution in [-0.4, -0.2) is 82.8 Å². The number of hydrogen-bond donors (Lipinski definition) is 2. The number of H-pyrrole nitrogens is 1. The van der Waals surface area contributed by atoms with Crippen molar-refractivity contribution in [1.29, 1.82) is 0 Å². The lowest BCUT2D eigenvalue weighted by molar-refractivity contribution is -0.130. The number of aromatic hydroxyl groups is 1. The summed E-state index contributed by atoms with van der Waals surface area (Å²) in [7, 11) is 5.86. The molecule has 2 N–H and O–H groups in total. The Bertz CT molecular complexity index is 1230. The number of aliphatic imine (C=N–C) groups is 1. The van der Waals surface area contributed by atoms with Crippen LogP contribution in [0.25, 0.3) is 11.0 Å². The van der Waals surface area contributed by atoms with Gasteiger partial charge in [0.1, 0.15) is 17.8 Å². The van der Waals surface area contributed by atoms with Crippen molar-refractivity contribution in [2.24, 2.45) is 4.99 Å². The second-order valence-corrected chi connectivity index (χ2v) is 9.53. The predicted molar refractivity (Wildman–Crippen MR) is 140 cm³/mol. The van der Waals surface area contributed by atoms with E-state index in [2.05, 4.69) is 24.8 Å². The predicted octanol–water partition coefficient (Wildman–Crippen LogP) is 3.97. The minimum absolute atomic E-state index is 0.0136. The average Bonchev–Trinajstić information content (AvgIpc) is 3.16. The lowest BCUT2D eigenvalue weighted by Crippen LogP contribution is -2.30. The van der Waals surface area contributed by atoms with Gasteiger partial charge in [0.25, 0.3) is 0 Å². The minimum Gasteiger partial charge on any atom is -0.494 e. The topological polar surface area (TPSA) is 101 Å². The van der Waals surface area contributed by atoms with Gasteiger partial charge in [-0.05, 0) is 56.6 Å². The first-order chi connectivity index (χ1) is 16.8. The number of benzene rings is 1. The summed E-state index contributed by atoms with van der Waals surface area (Å²) in [6.45, 7) is 2.91. The van der Waals surface area contributed by atoms with E-state index >= 15 is 0 Å². The number of anilines is 1. The molecule has 1 aliphatic heterocycles. The largest absolute Gasteiger partial charge is 0.494 e. The Kier molecular flexibility index (Phi) is 7.87. The summed E-state index contributed by atoms with van der Waals surface area (Å²) in [6.07, 6.45) is 6.24. The van der Waals surface area contributed by atoms with E-state index < -0.39 is 0 Å². The molecule has 0 aliphatic carbocycles. The van der Waals surface area contributed by atoms with Crippen LogP contribution in [-0.2, 0) is 11.3 Å². The normalized spacial score (nSPS) is 17.2. The molecule has 0 unspecified atom stereocenters. The molecular weight excluding hydrogens is 466 g/mol. The maximum Gasteiger partial charge on any atom is 0.222 e.